The summed E-state index contributed by atoms with van der Waals surface area (Å²) in [5, 5.41) is 0. The van der Waals surface area contributed by atoms with E-state index in [1.807, 2.05) is 35.7 Å². The number of rotatable bonds is 3. The largest absolute Gasteiger partial charge is 0.465 e. The van der Waals surface area contributed by atoms with Crippen LogP contribution < -0.4 is 0 Å². The number of carbonyl (C=O) groups is 1. The van der Waals surface area contributed by atoms with Crippen LogP contribution in [0.4, 0.5) is 0 Å². The lowest BCUT2D eigenvalue weighted by atomic mass is 9.63. The van der Waals surface area contributed by atoms with Crippen LogP contribution in [0, 0.1) is 0 Å². The number of benzene rings is 2. The average molecular weight is 441 g/mol. The molecule has 1 saturated heterocycles. The molecule has 4 rings (SSSR count). The number of hydrogen-bond donors (Lipinski definition) is 0. The van der Waals surface area contributed by atoms with Crippen LogP contribution in [0.5, 0.6) is 0 Å². The monoisotopic (exact) mass is 440 g/mol. The van der Waals surface area contributed by atoms with Gasteiger partial charge in [0.2, 0.25) is 0 Å². The fourth-order valence-corrected chi connectivity index (χ4v) is 8.13. The number of carbonyl (C=O) groups excluding carboxylic acids is 1. The van der Waals surface area contributed by atoms with E-state index in [0.717, 1.165) is 11.5 Å². The van der Waals surface area contributed by atoms with Gasteiger partial charge in [-0.2, -0.15) is 0 Å². The molecule has 0 aromatic heterocycles. The van der Waals surface area contributed by atoms with Crippen LogP contribution in [0.15, 0.2) is 42.5 Å². The van der Waals surface area contributed by atoms with Crippen LogP contribution in [0.25, 0.3) is 0 Å². The molecule has 0 unspecified atom stereocenters. The third-order valence-electron chi connectivity index (χ3n) is 6.82. The summed E-state index contributed by atoms with van der Waals surface area (Å²) in [5.41, 5.74) is 6.69. The highest BCUT2D eigenvalue weighted by atomic mass is 32.2. The van der Waals surface area contributed by atoms with Crippen molar-refractivity contribution in [3.63, 3.8) is 0 Å². The smallest absolute Gasteiger partial charge is 0.337 e. The second-order valence-corrected chi connectivity index (χ2v) is 12.6. The van der Waals surface area contributed by atoms with Gasteiger partial charge in [0, 0.05) is 0 Å². The van der Waals surface area contributed by atoms with Crippen molar-refractivity contribution >= 4 is 29.5 Å². The third-order valence-corrected chi connectivity index (χ3v) is 10.3. The van der Waals surface area contributed by atoms with Crippen molar-refractivity contribution in [3.8, 4) is 0 Å². The van der Waals surface area contributed by atoms with Crippen LogP contribution in [0.1, 0.15) is 79.6 Å². The van der Waals surface area contributed by atoms with E-state index in [9.17, 15) is 4.79 Å². The molecule has 0 radical (unpaired) electrons. The number of hydrogen-bond acceptors (Lipinski definition) is 4. The first-order valence-electron chi connectivity index (χ1n) is 10.8. The van der Waals surface area contributed by atoms with Gasteiger partial charge < -0.3 is 4.74 Å². The molecule has 2 aromatic carbocycles. The first kappa shape index (κ1) is 21.8. The van der Waals surface area contributed by atoms with E-state index in [1.165, 1.54) is 48.6 Å². The molecule has 0 saturated carbocycles. The molecule has 1 aliphatic carbocycles. The number of fused-ring (bicyclic) bond motifs is 1. The highest BCUT2D eigenvalue weighted by molar-refractivity contribution is 8.18. The van der Waals surface area contributed by atoms with Gasteiger partial charge in [-0.25, -0.2) is 4.79 Å². The Labute approximate surface area is 189 Å². The number of ether oxygens (including phenoxy) is 1. The van der Waals surface area contributed by atoms with Crippen molar-refractivity contribution in [2.45, 2.75) is 61.9 Å². The quantitative estimate of drug-likeness (QED) is 0.485. The van der Waals surface area contributed by atoms with Crippen LogP contribution in [0.3, 0.4) is 0 Å². The maximum Gasteiger partial charge on any atom is 0.337 e. The summed E-state index contributed by atoms with van der Waals surface area (Å²) in [6.07, 6.45) is 3.69. The standard InChI is InChI=1S/C26H32O2S2/c1-24(2)13-14-25(3,4)22-17-20(11-12-21(22)24)26(29-15-6-16-30-26)19-9-7-18(8-10-19)23(27)28-5/h7-12,17H,6,13-16H2,1-5H3. The number of esters is 1. The van der Waals surface area contributed by atoms with Crippen molar-refractivity contribution in [2.24, 2.45) is 0 Å². The van der Waals surface area contributed by atoms with Crippen LogP contribution >= 0.6 is 23.5 Å². The predicted octanol–water partition coefficient (Wildman–Crippen LogP) is 6.89. The Balaban J connectivity index is 1.83. The molecule has 4 heteroatoms. The van der Waals surface area contributed by atoms with Crippen molar-refractivity contribution in [2.75, 3.05) is 18.6 Å². The van der Waals surface area contributed by atoms with Gasteiger partial charge in [-0.1, -0.05) is 58.0 Å². The molecule has 0 N–H and O–H groups in total. The Bertz CT molecular complexity index is 938. The molecule has 1 heterocycles. The highest BCUT2D eigenvalue weighted by Gasteiger charge is 2.41. The summed E-state index contributed by atoms with van der Waals surface area (Å²) in [7, 11) is 1.43. The van der Waals surface area contributed by atoms with Gasteiger partial charge in [-0.3, -0.25) is 0 Å². The molecule has 0 amide bonds. The normalized spacial score (nSPS) is 21.5. The molecule has 2 aliphatic rings. The number of methoxy groups -OCH3 is 1. The SMILES string of the molecule is COC(=O)c1ccc(C2(c3ccc4c(c3)C(C)(C)CCC4(C)C)SCCCS2)cc1. The topological polar surface area (TPSA) is 26.3 Å². The minimum absolute atomic E-state index is 0.125. The van der Waals surface area contributed by atoms with E-state index in [0.29, 0.717) is 5.56 Å². The lowest BCUT2D eigenvalue weighted by Crippen LogP contribution is -2.34. The van der Waals surface area contributed by atoms with E-state index < -0.39 is 0 Å². The van der Waals surface area contributed by atoms with Crippen molar-refractivity contribution in [1.82, 2.24) is 0 Å². The second-order valence-electron chi connectivity index (χ2n) is 9.76. The van der Waals surface area contributed by atoms with Crippen LogP contribution in [0.2, 0.25) is 0 Å². The maximum atomic E-state index is 11.9. The zero-order valence-electron chi connectivity index (χ0n) is 18.7. The molecular weight excluding hydrogens is 408 g/mol. The lowest BCUT2D eigenvalue weighted by molar-refractivity contribution is 0.0600. The number of thioether (sulfide) groups is 2. The Kier molecular flexibility index (Phi) is 5.78. The van der Waals surface area contributed by atoms with Gasteiger partial charge in [0.1, 0.15) is 4.08 Å². The Hall–Kier alpha value is -1.39. The highest BCUT2D eigenvalue weighted by Crippen LogP contribution is 2.56. The molecule has 1 fully saturated rings. The molecule has 2 aromatic rings. The summed E-state index contributed by atoms with van der Waals surface area (Å²) < 4.78 is 4.76. The average Bonchev–Trinajstić information content (AvgIpc) is 2.77. The summed E-state index contributed by atoms with van der Waals surface area (Å²) >= 11 is 4.07. The molecule has 160 valence electrons. The Morgan fingerprint density at radius 1 is 0.833 bits per heavy atom. The van der Waals surface area contributed by atoms with E-state index in [1.54, 1.807) is 0 Å². The van der Waals surface area contributed by atoms with E-state index >= 15 is 0 Å². The molecule has 30 heavy (non-hydrogen) atoms. The minimum atomic E-state index is -0.280. The van der Waals surface area contributed by atoms with Gasteiger partial charge in [0.25, 0.3) is 0 Å². The summed E-state index contributed by atoms with van der Waals surface area (Å²) in [4.78, 5) is 11.9. The van der Waals surface area contributed by atoms with Crippen LogP contribution in [-0.2, 0) is 19.6 Å². The zero-order valence-corrected chi connectivity index (χ0v) is 20.3. The van der Waals surface area contributed by atoms with E-state index in [4.69, 9.17) is 4.74 Å². The second kappa shape index (κ2) is 7.94. The molecule has 1 aliphatic heterocycles. The van der Waals surface area contributed by atoms with Crippen molar-refractivity contribution in [3.05, 3.63) is 70.3 Å². The minimum Gasteiger partial charge on any atom is -0.465 e. The fourth-order valence-electron chi connectivity index (χ4n) is 4.77. The van der Waals surface area contributed by atoms with Gasteiger partial charge in [0.15, 0.2) is 0 Å². The molecule has 0 bridgehead atoms. The molecule has 2 nitrogen and oxygen atoms in total. The Morgan fingerprint density at radius 2 is 1.40 bits per heavy atom. The van der Waals surface area contributed by atoms with Gasteiger partial charge in [-0.15, -0.1) is 23.5 Å². The van der Waals surface area contributed by atoms with Gasteiger partial charge in [0.05, 0.1) is 12.7 Å². The molecule has 0 atom stereocenters. The first-order chi connectivity index (χ1) is 14.2. The predicted molar refractivity (Wildman–Crippen MR) is 130 cm³/mol. The summed E-state index contributed by atoms with van der Waals surface area (Å²) in [5.74, 6) is 2.02. The van der Waals surface area contributed by atoms with E-state index in [-0.39, 0.29) is 20.9 Å². The van der Waals surface area contributed by atoms with Crippen molar-refractivity contribution < 1.29 is 9.53 Å². The zero-order chi connectivity index (χ0) is 21.6. The maximum absolute atomic E-state index is 11.9. The molecule has 0 spiro atoms. The summed E-state index contributed by atoms with van der Waals surface area (Å²) in [6.45, 7) is 9.55. The third kappa shape index (κ3) is 3.71. The fraction of sp³-hybridized carbons (Fsp3) is 0.500. The Morgan fingerprint density at radius 3 is 2.00 bits per heavy atom. The van der Waals surface area contributed by atoms with Crippen LogP contribution in [-0.4, -0.2) is 24.6 Å². The van der Waals surface area contributed by atoms with Gasteiger partial charge in [-0.05, 0) is 76.0 Å². The molecular formula is C26H32O2S2. The van der Waals surface area contributed by atoms with Crippen molar-refractivity contribution in [1.29, 1.82) is 0 Å². The lowest BCUT2D eigenvalue weighted by Gasteiger charge is -2.44. The van der Waals surface area contributed by atoms with Gasteiger partial charge >= 0.3 is 5.97 Å². The summed E-state index contributed by atoms with van der Waals surface area (Å²) in [6, 6.07) is 15.3. The van der Waals surface area contributed by atoms with E-state index in [2.05, 4.69) is 58.0 Å². The first-order valence-corrected chi connectivity index (χ1v) is 12.8.